The highest BCUT2D eigenvalue weighted by atomic mass is 127. The topological polar surface area (TPSA) is 66.5 Å². The van der Waals surface area contributed by atoms with Gasteiger partial charge in [0, 0.05) is 22.3 Å². The molecule has 132 valence electrons. The first-order valence-electron chi connectivity index (χ1n) is 8.08. The normalized spacial score (nSPS) is 18.7. The van der Waals surface area contributed by atoms with Crippen LogP contribution in [0.4, 0.5) is 5.69 Å². The van der Waals surface area contributed by atoms with E-state index in [0.717, 1.165) is 9.26 Å². The number of carbonyl (C=O) groups is 1. The van der Waals surface area contributed by atoms with E-state index in [9.17, 15) is 13.2 Å². The van der Waals surface area contributed by atoms with Crippen molar-refractivity contribution in [3.8, 4) is 0 Å². The molecular formula is C18H19IN2O3S. The third-order valence-corrected chi connectivity index (χ3v) is 6.85. The molecule has 1 saturated heterocycles. The molecule has 2 aromatic rings. The van der Waals surface area contributed by atoms with Gasteiger partial charge in [0.1, 0.15) is 0 Å². The molecule has 0 bridgehead atoms. The lowest BCUT2D eigenvalue weighted by atomic mass is 9.99. The molecule has 3 rings (SSSR count). The van der Waals surface area contributed by atoms with Crippen molar-refractivity contribution in [2.75, 3.05) is 18.4 Å². The standard InChI is InChI=1S/C18H19IN2O3S/c19-15-8-10-16(11-9-15)20-18(22)14-5-4-12-21(13-14)25(23,24)17-6-2-1-3-7-17/h1-3,6-11,14H,4-5,12-13H2,(H,20,22)/t14-/m1/s1. The lowest BCUT2D eigenvalue weighted by Gasteiger charge is -2.31. The maximum absolute atomic E-state index is 12.7. The number of anilines is 1. The van der Waals surface area contributed by atoms with Gasteiger partial charge in [0.15, 0.2) is 0 Å². The van der Waals surface area contributed by atoms with E-state index >= 15 is 0 Å². The largest absolute Gasteiger partial charge is 0.326 e. The zero-order valence-corrected chi connectivity index (χ0v) is 16.5. The number of rotatable bonds is 4. The highest BCUT2D eigenvalue weighted by Gasteiger charge is 2.33. The second-order valence-electron chi connectivity index (χ2n) is 6.01. The minimum Gasteiger partial charge on any atom is -0.326 e. The van der Waals surface area contributed by atoms with Gasteiger partial charge in [-0.1, -0.05) is 18.2 Å². The molecule has 0 unspecified atom stereocenters. The Hall–Kier alpha value is -1.45. The number of hydrogen-bond acceptors (Lipinski definition) is 3. The van der Waals surface area contributed by atoms with Crippen molar-refractivity contribution in [1.82, 2.24) is 4.31 Å². The highest BCUT2D eigenvalue weighted by molar-refractivity contribution is 14.1. The number of amides is 1. The number of hydrogen-bond donors (Lipinski definition) is 1. The summed E-state index contributed by atoms with van der Waals surface area (Å²) in [4.78, 5) is 12.8. The van der Waals surface area contributed by atoms with Gasteiger partial charge in [-0.3, -0.25) is 4.79 Å². The Morgan fingerprint density at radius 1 is 1.08 bits per heavy atom. The molecule has 0 aliphatic carbocycles. The van der Waals surface area contributed by atoms with Crippen molar-refractivity contribution in [3.63, 3.8) is 0 Å². The monoisotopic (exact) mass is 470 g/mol. The number of benzene rings is 2. The first kappa shape index (κ1) is 18.3. The fraction of sp³-hybridized carbons (Fsp3) is 0.278. The van der Waals surface area contributed by atoms with E-state index < -0.39 is 10.0 Å². The molecule has 1 amide bonds. The number of piperidine rings is 1. The molecule has 1 heterocycles. The van der Waals surface area contributed by atoms with Crippen LogP contribution in [0.2, 0.25) is 0 Å². The van der Waals surface area contributed by atoms with Gasteiger partial charge in [-0.25, -0.2) is 8.42 Å². The molecule has 2 aromatic carbocycles. The molecule has 5 nitrogen and oxygen atoms in total. The van der Waals surface area contributed by atoms with Crippen LogP contribution in [0.5, 0.6) is 0 Å². The van der Waals surface area contributed by atoms with Gasteiger partial charge in [0.05, 0.1) is 10.8 Å². The molecule has 25 heavy (non-hydrogen) atoms. The van der Waals surface area contributed by atoms with Gasteiger partial charge in [-0.2, -0.15) is 4.31 Å². The number of halogens is 1. The van der Waals surface area contributed by atoms with Crippen molar-refractivity contribution in [2.24, 2.45) is 5.92 Å². The Morgan fingerprint density at radius 2 is 1.76 bits per heavy atom. The SMILES string of the molecule is O=C(Nc1ccc(I)cc1)[C@@H]1CCCN(S(=O)(=O)c2ccccc2)C1. The van der Waals surface area contributed by atoms with Crippen molar-refractivity contribution in [1.29, 1.82) is 0 Å². The maximum Gasteiger partial charge on any atom is 0.243 e. The summed E-state index contributed by atoms with van der Waals surface area (Å²) < 4.78 is 28.0. The van der Waals surface area contributed by atoms with Gasteiger partial charge in [-0.15, -0.1) is 0 Å². The van der Waals surface area contributed by atoms with E-state index in [2.05, 4.69) is 27.9 Å². The average Bonchev–Trinajstić information content (AvgIpc) is 2.64. The number of carbonyl (C=O) groups excluding carboxylic acids is 1. The Labute approximate surface area is 161 Å². The van der Waals surface area contributed by atoms with E-state index in [-0.39, 0.29) is 23.3 Å². The maximum atomic E-state index is 12.7. The van der Waals surface area contributed by atoms with Crippen LogP contribution >= 0.6 is 22.6 Å². The zero-order valence-electron chi connectivity index (χ0n) is 13.6. The van der Waals surface area contributed by atoms with Crippen LogP contribution in [-0.4, -0.2) is 31.7 Å². The molecular weight excluding hydrogens is 451 g/mol. The predicted octanol–water partition coefficient (Wildman–Crippen LogP) is 3.33. The molecule has 1 atom stereocenters. The van der Waals surface area contributed by atoms with Crippen LogP contribution in [0, 0.1) is 9.49 Å². The second-order valence-corrected chi connectivity index (χ2v) is 9.19. The summed E-state index contributed by atoms with van der Waals surface area (Å²) in [5, 5.41) is 2.89. The smallest absolute Gasteiger partial charge is 0.243 e. The zero-order chi connectivity index (χ0) is 17.9. The minimum absolute atomic E-state index is 0.130. The fourth-order valence-electron chi connectivity index (χ4n) is 2.89. The van der Waals surface area contributed by atoms with Gasteiger partial charge in [0.2, 0.25) is 15.9 Å². The Kier molecular flexibility index (Phi) is 5.75. The van der Waals surface area contributed by atoms with Crippen LogP contribution in [0.25, 0.3) is 0 Å². The summed E-state index contributed by atoms with van der Waals surface area (Å²) in [6.07, 6.45) is 1.37. The van der Waals surface area contributed by atoms with Gasteiger partial charge >= 0.3 is 0 Å². The van der Waals surface area contributed by atoms with Crippen molar-refractivity contribution in [2.45, 2.75) is 17.7 Å². The second kappa shape index (κ2) is 7.84. The number of nitrogens with one attached hydrogen (secondary N) is 1. The molecule has 0 spiro atoms. The van der Waals surface area contributed by atoms with Crippen LogP contribution in [0.3, 0.4) is 0 Å². The Balaban J connectivity index is 1.70. The van der Waals surface area contributed by atoms with Crippen LogP contribution < -0.4 is 5.32 Å². The van der Waals surface area contributed by atoms with E-state index in [1.165, 1.54) is 4.31 Å². The van der Waals surface area contributed by atoms with Crippen LogP contribution in [0.15, 0.2) is 59.5 Å². The van der Waals surface area contributed by atoms with E-state index in [4.69, 9.17) is 0 Å². The summed E-state index contributed by atoms with van der Waals surface area (Å²) in [6.45, 7) is 0.665. The predicted molar refractivity (Wildman–Crippen MR) is 106 cm³/mol. The Bertz CT molecular complexity index is 838. The summed E-state index contributed by atoms with van der Waals surface area (Å²) in [5.41, 5.74) is 0.730. The van der Waals surface area contributed by atoms with Crippen LogP contribution in [-0.2, 0) is 14.8 Å². The quantitative estimate of drug-likeness (QED) is 0.698. The molecule has 1 N–H and O–H groups in total. The van der Waals surface area contributed by atoms with E-state index in [1.807, 2.05) is 24.3 Å². The molecule has 0 aromatic heterocycles. The summed E-state index contributed by atoms with van der Waals surface area (Å²) in [5.74, 6) is -0.472. The Morgan fingerprint density at radius 3 is 2.44 bits per heavy atom. The molecule has 1 fully saturated rings. The summed E-state index contributed by atoms with van der Waals surface area (Å²) in [6, 6.07) is 15.9. The third-order valence-electron chi connectivity index (χ3n) is 4.25. The van der Waals surface area contributed by atoms with E-state index in [0.29, 0.717) is 19.4 Å². The number of sulfonamides is 1. The van der Waals surface area contributed by atoms with Gasteiger partial charge < -0.3 is 5.32 Å². The summed E-state index contributed by atoms with van der Waals surface area (Å²) in [7, 11) is -3.55. The fourth-order valence-corrected chi connectivity index (χ4v) is 4.80. The molecule has 0 saturated carbocycles. The third kappa shape index (κ3) is 4.39. The van der Waals surface area contributed by atoms with Crippen molar-refractivity contribution in [3.05, 3.63) is 58.2 Å². The minimum atomic E-state index is -3.55. The highest BCUT2D eigenvalue weighted by Crippen LogP contribution is 2.24. The van der Waals surface area contributed by atoms with Gasteiger partial charge in [0.25, 0.3) is 0 Å². The lowest BCUT2D eigenvalue weighted by molar-refractivity contribution is -0.120. The van der Waals surface area contributed by atoms with Gasteiger partial charge in [-0.05, 0) is 71.8 Å². The van der Waals surface area contributed by atoms with E-state index in [1.54, 1.807) is 30.3 Å². The molecule has 7 heteroatoms. The van der Waals surface area contributed by atoms with Crippen LogP contribution in [0.1, 0.15) is 12.8 Å². The average molecular weight is 470 g/mol. The van der Waals surface area contributed by atoms with Crippen molar-refractivity contribution >= 4 is 44.2 Å². The van der Waals surface area contributed by atoms with Crippen molar-refractivity contribution < 1.29 is 13.2 Å². The first-order chi connectivity index (χ1) is 12.0. The first-order valence-corrected chi connectivity index (χ1v) is 10.6. The lowest BCUT2D eigenvalue weighted by Crippen LogP contribution is -2.43. The molecule has 1 aliphatic heterocycles. The molecule has 0 radical (unpaired) electrons. The number of nitrogens with zero attached hydrogens (tertiary/aromatic N) is 1. The summed E-state index contributed by atoms with van der Waals surface area (Å²) >= 11 is 2.20. The molecule has 1 aliphatic rings.